The lowest BCUT2D eigenvalue weighted by Gasteiger charge is -2.12. The molecule has 0 radical (unpaired) electrons. The number of ether oxygens (including phenoxy) is 1. The number of halogens is 1. The summed E-state index contributed by atoms with van der Waals surface area (Å²) < 4.78 is 45.9. The van der Waals surface area contributed by atoms with E-state index in [0.717, 1.165) is 5.56 Å². The third kappa shape index (κ3) is 5.81. The number of rotatable bonds is 8. The van der Waals surface area contributed by atoms with Crippen LogP contribution in [0.3, 0.4) is 0 Å². The van der Waals surface area contributed by atoms with Crippen LogP contribution in [0, 0.1) is 12.7 Å². The minimum absolute atomic E-state index is 0.0326. The molecule has 0 spiro atoms. The Bertz CT molecular complexity index is 1120. The van der Waals surface area contributed by atoms with E-state index in [9.17, 15) is 17.6 Å². The van der Waals surface area contributed by atoms with Gasteiger partial charge in [-0.3, -0.25) is 9.52 Å². The van der Waals surface area contributed by atoms with Crippen molar-refractivity contribution in [3.8, 4) is 5.75 Å². The molecule has 0 unspecified atom stereocenters. The summed E-state index contributed by atoms with van der Waals surface area (Å²) in [6.07, 6.45) is 0. The Morgan fingerprint density at radius 3 is 2.37 bits per heavy atom. The van der Waals surface area contributed by atoms with Crippen molar-refractivity contribution in [2.45, 2.75) is 18.4 Å². The van der Waals surface area contributed by atoms with E-state index in [1.54, 1.807) is 6.92 Å². The molecule has 0 heterocycles. The zero-order valence-electron chi connectivity index (χ0n) is 16.3. The van der Waals surface area contributed by atoms with Gasteiger partial charge in [0.1, 0.15) is 11.6 Å². The second-order valence-corrected chi connectivity index (χ2v) is 8.27. The smallest absolute Gasteiger partial charge is 0.261 e. The van der Waals surface area contributed by atoms with Crippen LogP contribution in [0.1, 0.15) is 11.1 Å². The van der Waals surface area contributed by atoms with Crippen LogP contribution in [0.2, 0.25) is 0 Å². The van der Waals surface area contributed by atoms with Crippen LogP contribution in [0.4, 0.5) is 10.1 Å². The molecule has 6 nitrogen and oxygen atoms in total. The van der Waals surface area contributed by atoms with Gasteiger partial charge in [-0.05, 0) is 60.5 Å². The number of benzene rings is 3. The maximum atomic E-state index is 13.0. The zero-order chi connectivity index (χ0) is 21.6. The SMILES string of the molecule is Cc1cc(S(=O)(=O)Nc2ccc(F)cc2)ccc1OCC(=O)NCc1ccccc1. The summed E-state index contributed by atoms with van der Waals surface area (Å²) in [7, 11) is -3.84. The standard InChI is InChI=1S/C22H21FN2O4S/c1-16-13-20(30(27,28)25-19-9-7-18(23)8-10-19)11-12-21(16)29-15-22(26)24-14-17-5-3-2-4-6-17/h2-13,25H,14-15H2,1H3,(H,24,26). The van der Waals surface area contributed by atoms with Crippen LogP contribution in [0.5, 0.6) is 5.75 Å². The average molecular weight is 428 g/mol. The molecule has 156 valence electrons. The molecule has 8 heteroatoms. The molecular weight excluding hydrogens is 407 g/mol. The van der Waals surface area contributed by atoms with Crippen LogP contribution in [-0.2, 0) is 21.4 Å². The van der Waals surface area contributed by atoms with Gasteiger partial charge in [-0.2, -0.15) is 0 Å². The first-order chi connectivity index (χ1) is 14.3. The van der Waals surface area contributed by atoms with Crippen molar-refractivity contribution >= 4 is 21.6 Å². The highest BCUT2D eigenvalue weighted by molar-refractivity contribution is 7.92. The van der Waals surface area contributed by atoms with Crippen LogP contribution in [0.15, 0.2) is 77.7 Å². The van der Waals surface area contributed by atoms with Crippen molar-refractivity contribution in [3.05, 3.63) is 89.7 Å². The van der Waals surface area contributed by atoms with E-state index in [-0.39, 0.29) is 23.1 Å². The van der Waals surface area contributed by atoms with E-state index in [1.165, 1.54) is 42.5 Å². The Hall–Kier alpha value is -3.39. The second kappa shape index (κ2) is 9.41. The van der Waals surface area contributed by atoms with E-state index in [0.29, 0.717) is 17.9 Å². The summed E-state index contributed by atoms with van der Waals surface area (Å²) in [5, 5.41) is 2.76. The highest BCUT2D eigenvalue weighted by atomic mass is 32.2. The van der Waals surface area contributed by atoms with E-state index >= 15 is 0 Å². The van der Waals surface area contributed by atoms with Crippen LogP contribution >= 0.6 is 0 Å². The fourth-order valence-corrected chi connectivity index (χ4v) is 3.82. The van der Waals surface area contributed by atoms with E-state index < -0.39 is 15.8 Å². The fourth-order valence-electron chi connectivity index (χ4n) is 2.67. The molecule has 0 saturated heterocycles. The molecule has 3 rings (SSSR count). The van der Waals surface area contributed by atoms with Gasteiger partial charge in [-0.1, -0.05) is 30.3 Å². The number of nitrogens with one attached hydrogen (secondary N) is 2. The molecule has 3 aromatic carbocycles. The Morgan fingerprint density at radius 1 is 1.00 bits per heavy atom. The molecule has 0 bridgehead atoms. The monoisotopic (exact) mass is 428 g/mol. The molecule has 30 heavy (non-hydrogen) atoms. The Kier molecular flexibility index (Phi) is 6.68. The van der Waals surface area contributed by atoms with Gasteiger partial charge in [0.05, 0.1) is 4.90 Å². The lowest BCUT2D eigenvalue weighted by molar-refractivity contribution is -0.123. The molecule has 0 fully saturated rings. The van der Waals surface area contributed by atoms with Crippen molar-refractivity contribution in [1.82, 2.24) is 5.32 Å². The molecule has 0 aliphatic rings. The number of hydrogen-bond acceptors (Lipinski definition) is 4. The molecule has 0 atom stereocenters. The summed E-state index contributed by atoms with van der Waals surface area (Å²) >= 11 is 0. The summed E-state index contributed by atoms with van der Waals surface area (Å²) in [6.45, 7) is 1.90. The Morgan fingerprint density at radius 2 is 1.70 bits per heavy atom. The van der Waals surface area contributed by atoms with Crippen molar-refractivity contribution in [1.29, 1.82) is 0 Å². The van der Waals surface area contributed by atoms with Gasteiger partial charge >= 0.3 is 0 Å². The largest absolute Gasteiger partial charge is 0.484 e. The minimum atomic E-state index is -3.84. The molecule has 0 saturated carbocycles. The second-order valence-electron chi connectivity index (χ2n) is 6.59. The average Bonchev–Trinajstić information content (AvgIpc) is 2.73. The lowest BCUT2D eigenvalue weighted by Crippen LogP contribution is -2.28. The van der Waals surface area contributed by atoms with Gasteiger partial charge < -0.3 is 10.1 Å². The Labute approximate surface area is 174 Å². The van der Waals surface area contributed by atoms with Gasteiger partial charge in [0.15, 0.2) is 6.61 Å². The third-order valence-electron chi connectivity index (χ3n) is 4.24. The topological polar surface area (TPSA) is 84.5 Å². The zero-order valence-corrected chi connectivity index (χ0v) is 17.1. The highest BCUT2D eigenvalue weighted by Gasteiger charge is 2.16. The molecule has 3 aromatic rings. The first-order valence-corrected chi connectivity index (χ1v) is 10.6. The molecule has 1 amide bonds. The number of carbonyl (C=O) groups excluding carboxylic acids is 1. The quantitative estimate of drug-likeness (QED) is 0.574. The Balaban J connectivity index is 1.59. The highest BCUT2D eigenvalue weighted by Crippen LogP contribution is 2.23. The maximum absolute atomic E-state index is 13.0. The number of aryl methyl sites for hydroxylation is 1. The number of carbonyl (C=O) groups is 1. The summed E-state index contributed by atoms with van der Waals surface area (Å²) in [5.41, 5.74) is 1.79. The fraction of sp³-hybridized carbons (Fsp3) is 0.136. The van der Waals surface area contributed by atoms with Gasteiger partial charge in [0.2, 0.25) is 0 Å². The van der Waals surface area contributed by atoms with Crippen molar-refractivity contribution in [3.63, 3.8) is 0 Å². The third-order valence-corrected chi connectivity index (χ3v) is 5.62. The number of hydrogen-bond donors (Lipinski definition) is 2. The number of sulfonamides is 1. The van der Waals surface area contributed by atoms with E-state index in [1.807, 2.05) is 30.3 Å². The molecule has 0 aliphatic carbocycles. The lowest BCUT2D eigenvalue weighted by atomic mass is 10.2. The van der Waals surface area contributed by atoms with Gasteiger partial charge in [0.25, 0.3) is 15.9 Å². The van der Waals surface area contributed by atoms with Crippen molar-refractivity contribution in [2.75, 3.05) is 11.3 Å². The predicted molar refractivity (Wildman–Crippen MR) is 112 cm³/mol. The van der Waals surface area contributed by atoms with E-state index in [2.05, 4.69) is 10.0 Å². The van der Waals surface area contributed by atoms with Gasteiger partial charge in [-0.15, -0.1) is 0 Å². The van der Waals surface area contributed by atoms with Crippen molar-refractivity contribution < 1.29 is 22.3 Å². The first kappa shape index (κ1) is 21.3. The molecule has 2 N–H and O–H groups in total. The molecule has 0 aromatic heterocycles. The van der Waals surface area contributed by atoms with Gasteiger partial charge in [-0.25, -0.2) is 12.8 Å². The predicted octanol–water partition coefficient (Wildman–Crippen LogP) is 3.63. The minimum Gasteiger partial charge on any atom is -0.484 e. The molecular formula is C22H21FN2O4S. The molecule has 0 aliphatic heterocycles. The van der Waals surface area contributed by atoms with Crippen LogP contribution < -0.4 is 14.8 Å². The maximum Gasteiger partial charge on any atom is 0.261 e. The first-order valence-electron chi connectivity index (χ1n) is 9.16. The summed E-state index contributed by atoms with van der Waals surface area (Å²) in [5.74, 6) is -0.332. The summed E-state index contributed by atoms with van der Waals surface area (Å²) in [4.78, 5) is 12.0. The number of amides is 1. The van der Waals surface area contributed by atoms with Gasteiger partial charge in [0, 0.05) is 12.2 Å². The van der Waals surface area contributed by atoms with Crippen LogP contribution in [0.25, 0.3) is 0 Å². The number of anilines is 1. The van der Waals surface area contributed by atoms with Crippen LogP contribution in [-0.4, -0.2) is 20.9 Å². The van der Waals surface area contributed by atoms with E-state index in [4.69, 9.17) is 4.74 Å². The summed E-state index contributed by atoms with van der Waals surface area (Å²) in [6, 6.07) is 18.8. The van der Waals surface area contributed by atoms with Crippen molar-refractivity contribution in [2.24, 2.45) is 0 Å². The normalized spacial score (nSPS) is 11.0.